The molecule has 0 unspecified atom stereocenters. The Morgan fingerprint density at radius 2 is 1.80 bits per heavy atom. The van der Waals surface area contributed by atoms with Crippen molar-refractivity contribution in [2.75, 3.05) is 7.11 Å². The number of aliphatic hydroxyl groups is 1. The number of nitrogens with one attached hydrogen (secondary N) is 1. The molecule has 114 valence electrons. The molecule has 20 heavy (non-hydrogen) atoms. The zero-order valence-corrected chi connectivity index (χ0v) is 13.8. The molecule has 0 fully saturated rings. The van der Waals surface area contributed by atoms with Gasteiger partial charge in [-0.15, -0.1) is 0 Å². The molecule has 1 aromatic carbocycles. The average Bonchev–Trinajstić information content (AvgIpc) is 2.25. The minimum atomic E-state index is -3.80. The summed E-state index contributed by atoms with van der Waals surface area (Å²) in [5.41, 5.74) is -2.27. The number of halogens is 1. The Morgan fingerprint density at radius 1 is 1.25 bits per heavy atom. The highest BCUT2D eigenvalue weighted by atomic mass is 35.5. The van der Waals surface area contributed by atoms with E-state index in [0.717, 1.165) is 0 Å². The van der Waals surface area contributed by atoms with Crippen molar-refractivity contribution in [1.82, 2.24) is 4.72 Å². The van der Waals surface area contributed by atoms with Gasteiger partial charge in [-0.05, 0) is 45.9 Å². The minimum absolute atomic E-state index is 0.0145. The summed E-state index contributed by atoms with van der Waals surface area (Å²) in [6.45, 7) is 6.29. The molecule has 0 aliphatic carbocycles. The standard InChI is InChI=1S/C13H20ClNO4S/c1-12(2,13(3,4)16)15-20(17,18)9-6-7-11(19-5)10(14)8-9/h6-8,15-16H,1-5H3. The van der Waals surface area contributed by atoms with Gasteiger partial charge in [-0.25, -0.2) is 13.1 Å². The molecule has 0 atom stereocenters. The first-order valence-corrected chi connectivity index (χ1v) is 7.87. The van der Waals surface area contributed by atoms with Crippen molar-refractivity contribution in [2.24, 2.45) is 0 Å². The third-order valence-electron chi connectivity index (χ3n) is 3.35. The van der Waals surface area contributed by atoms with Crippen molar-refractivity contribution in [2.45, 2.75) is 43.7 Å². The molecule has 2 N–H and O–H groups in total. The first kappa shape index (κ1) is 17.2. The SMILES string of the molecule is COc1ccc(S(=O)(=O)NC(C)(C)C(C)(C)O)cc1Cl. The van der Waals surface area contributed by atoms with Gasteiger partial charge >= 0.3 is 0 Å². The molecule has 1 rings (SSSR count). The third kappa shape index (κ3) is 3.63. The molecule has 7 heteroatoms. The van der Waals surface area contributed by atoms with E-state index in [1.165, 1.54) is 39.2 Å². The monoisotopic (exact) mass is 321 g/mol. The second kappa shape index (κ2) is 5.52. The van der Waals surface area contributed by atoms with Gasteiger partial charge in [0.1, 0.15) is 5.75 Å². The van der Waals surface area contributed by atoms with Crippen LogP contribution in [0.5, 0.6) is 5.75 Å². The predicted molar refractivity (Wildman–Crippen MR) is 78.7 cm³/mol. The van der Waals surface area contributed by atoms with Crippen molar-refractivity contribution >= 4 is 21.6 Å². The van der Waals surface area contributed by atoms with E-state index >= 15 is 0 Å². The summed E-state index contributed by atoms with van der Waals surface area (Å²) in [7, 11) is -2.35. The van der Waals surface area contributed by atoms with E-state index < -0.39 is 21.2 Å². The summed E-state index contributed by atoms with van der Waals surface area (Å²) in [5.74, 6) is 0.396. The Hall–Kier alpha value is -0.820. The van der Waals surface area contributed by atoms with Gasteiger partial charge in [0.05, 0.1) is 28.2 Å². The maximum atomic E-state index is 12.3. The van der Waals surface area contributed by atoms with Crippen LogP contribution in [0.2, 0.25) is 5.02 Å². The fourth-order valence-electron chi connectivity index (χ4n) is 1.33. The van der Waals surface area contributed by atoms with E-state index in [9.17, 15) is 13.5 Å². The molecular formula is C13H20ClNO4S. The van der Waals surface area contributed by atoms with Gasteiger partial charge < -0.3 is 9.84 Å². The zero-order valence-electron chi connectivity index (χ0n) is 12.2. The summed E-state index contributed by atoms with van der Waals surface area (Å²) in [6.07, 6.45) is 0. The van der Waals surface area contributed by atoms with Crippen LogP contribution in [0.4, 0.5) is 0 Å². The van der Waals surface area contributed by atoms with Crippen LogP contribution in [0.1, 0.15) is 27.7 Å². The zero-order chi connectivity index (χ0) is 15.8. The molecule has 0 saturated heterocycles. The molecular weight excluding hydrogens is 302 g/mol. The Bertz CT molecular complexity index is 591. The molecule has 0 radical (unpaired) electrons. The van der Waals surface area contributed by atoms with Gasteiger partial charge in [0.25, 0.3) is 0 Å². The van der Waals surface area contributed by atoms with Gasteiger partial charge in [-0.1, -0.05) is 11.6 Å². The Balaban J connectivity index is 3.16. The van der Waals surface area contributed by atoms with Crippen LogP contribution < -0.4 is 9.46 Å². The van der Waals surface area contributed by atoms with E-state index in [4.69, 9.17) is 16.3 Å². The second-order valence-corrected chi connectivity index (χ2v) is 7.68. The number of methoxy groups -OCH3 is 1. The molecule has 5 nitrogen and oxygen atoms in total. The molecule has 0 spiro atoms. The van der Waals surface area contributed by atoms with Crippen molar-refractivity contribution in [3.63, 3.8) is 0 Å². The number of hydrogen-bond acceptors (Lipinski definition) is 4. The van der Waals surface area contributed by atoms with Gasteiger partial charge in [0, 0.05) is 0 Å². The van der Waals surface area contributed by atoms with Crippen LogP contribution in [-0.4, -0.2) is 31.8 Å². The smallest absolute Gasteiger partial charge is 0.241 e. The summed E-state index contributed by atoms with van der Waals surface area (Å²) in [4.78, 5) is 0.0145. The average molecular weight is 322 g/mol. The third-order valence-corrected chi connectivity index (χ3v) is 5.30. The Kier molecular flexibility index (Phi) is 4.76. The molecule has 0 aliphatic rings. The molecule has 0 heterocycles. The first-order valence-electron chi connectivity index (χ1n) is 6.00. The number of ether oxygens (including phenoxy) is 1. The summed E-state index contributed by atoms with van der Waals surface area (Å²) in [5, 5.41) is 10.2. The van der Waals surface area contributed by atoms with Gasteiger partial charge in [0.15, 0.2) is 0 Å². The van der Waals surface area contributed by atoms with Crippen molar-refractivity contribution in [3.8, 4) is 5.75 Å². The van der Waals surface area contributed by atoms with E-state index in [0.29, 0.717) is 5.75 Å². The molecule has 0 bridgehead atoms. The highest BCUT2D eigenvalue weighted by Crippen LogP contribution is 2.28. The van der Waals surface area contributed by atoms with E-state index in [1.807, 2.05) is 0 Å². The Labute approximate surface area is 125 Å². The summed E-state index contributed by atoms with van der Waals surface area (Å²) in [6, 6.07) is 4.19. The van der Waals surface area contributed by atoms with E-state index in [-0.39, 0.29) is 9.92 Å². The topological polar surface area (TPSA) is 75.6 Å². The number of benzene rings is 1. The van der Waals surface area contributed by atoms with Crippen molar-refractivity contribution in [1.29, 1.82) is 0 Å². The highest BCUT2D eigenvalue weighted by molar-refractivity contribution is 7.89. The summed E-state index contributed by atoms with van der Waals surface area (Å²) >= 11 is 5.93. The molecule has 0 aromatic heterocycles. The van der Waals surface area contributed by atoms with Crippen molar-refractivity contribution in [3.05, 3.63) is 23.2 Å². The summed E-state index contributed by atoms with van der Waals surface area (Å²) < 4.78 is 32.1. The number of hydrogen-bond donors (Lipinski definition) is 2. The van der Waals surface area contributed by atoms with Gasteiger partial charge in [0.2, 0.25) is 10.0 Å². The first-order chi connectivity index (χ1) is 8.90. The van der Waals surface area contributed by atoms with Crippen LogP contribution in [0, 0.1) is 0 Å². The van der Waals surface area contributed by atoms with Crippen molar-refractivity contribution < 1.29 is 18.3 Å². The molecule has 1 aromatic rings. The van der Waals surface area contributed by atoms with Crippen LogP contribution in [0.15, 0.2) is 23.1 Å². The van der Waals surface area contributed by atoms with Crippen LogP contribution in [-0.2, 0) is 10.0 Å². The maximum Gasteiger partial charge on any atom is 0.241 e. The quantitative estimate of drug-likeness (QED) is 0.871. The lowest BCUT2D eigenvalue weighted by Gasteiger charge is -2.37. The fraction of sp³-hybridized carbons (Fsp3) is 0.538. The minimum Gasteiger partial charge on any atom is -0.495 e. The Morgan fingerprint density at radius 3 is 2.20 bits per heavy atom. The number of rotatable bonds is 5. The normalized spacial score (nSPS) is 13.3. The molecule has 0 amide bonds. The lowest BCUT2D eigenvalue weighted by Crippen LogP contribution is -2.57. The fourth-order valence-corrected chi connectivity index (χ4v) is 3.22. The van der Waals surface area contributed by atoms with E-state index in [2.05, 4.69) is 4.72 Å². The van der Waals surface area contributed by atoms with Crippen LogP contribution >= 0.6 is 11.6 Å². The predicted octanol–water partition coefficient (Wildman–Crippen LogP) is 2.18. The lowest BCUT2D eigenvalue weighted by molar-refractivity contribution is 0.00639. The van der Waals surface area contributed by atoms with Crippen LogP contribution in [0.25, 0.3) is 0 Å². The molecule has 0 aliphatic heterocycles. The van der Waals surface area contributed by atoms with Gasteiger partial charge in [-0.2, -0.15) is 0 Å². The van der Waals surface area contributed by atoms with Gasteiger partial charge in [-0.3, -0.25) is 0 Å². The second-order valence-electron chi connectivity index (χ2n) is 5.59. The number of sulfonamides is 1. The molecule has 0 saturated carbocycles. The van der Waals surface area contributed by atoms with E-state index in [1.54, 1.807) is 13.8 Å². The van der Waals surface area contributed by atoms with Crippen LogP contribution in [0.3, 0.4) is 0 Å². The highest BCUT2D eigenvalue weighted by Gasteiger charge is 2.38. The lowest BCUT2D eigenvalue weighted by atomic mass is 9.87. The maximum absolute atomic E-state index is 12.3. The largest absolute Gasteiger partial charge is 0.495 e.